The van der Waals surface area contributed by atoms with Crippen LogP contribution in [0.15, 0.2) is 42.6 Å². The fourth-order valence-corrected chi connectivity index (χ4v) is 2.78. The van der Waals surface area contributed by atoms with Crippen LogP contribution >= 0.6 is 0 Å². The van der Waals surface area contributed by atoms with E-state index in [0.29, 0.717) is 11.5 Å². The minimum Gasteiger partial charge on any atom is -0.378 e. The number of aromatic nitrogens is 3. The van der Waals surface area contributed by atoms with E-state index >= 15 is 0 Å². The van der Waals surface area contributed by atoms with Gasteiger partial charge in [-0.05, 0) is 18.2 Å². The zero-order valence-corrected chi connectivity index (χ0v) is 13.0. The predicted molar refractivity (Wildman–Crippen MR) is 91.3 cm³/mol. The van der Waals surface area contributed by atoms with Crippen LogP contribution in [0, 0.1) is 0 Å². The molecule has 0 spiro atoms. The topological polar surface area (TPSA) is 83.1 Å². The molecule has 1 saturated heterocycles. The van der Waals surface area contributed by atoms with E-state index in [-0.39, 0.29) is 5.91 Å². The summed E-state index contributed by atoms with van der Waals surface area (Å²) in [7, 11) is 0. The predicted octanol–water partition coefficient (Wildman–Crippen LogP) is 2.05. The second kappa shape index (κ2) is 6.29. The largest absolute Gasteiger partial charge is 0.378 e. The summed E-state index contributed by atoms with van der Waals surface area (Å²) in [6, 6.07) is 11.3. The van der Waals surface area contributed by atoms with E-state index in [0.717, 1.165) is 42.9 Å². The second-order valence-corrected chi connectivity index (χ2v) is 5.57. The molecule has 0 radical (unpaired) electrons. The molecule has 24 heavy (non-hydrogen) atoms. The van der Waals surface area contributed by atoms with Crippen LogP contribution in [0.2, 0.25) is 0 Å². The summed E-state index contributed by atoms with van der Waals surface area (Å²) in [5.41, 5.74) is 2.23. The highest BCUT2D eigenvalue weighted by molar-refractivity contribution is 6.10. The van der Waals surface area contributed by atoms with Gasteiger partial charge in [0.05, 0.1) is 30.6 Å². The second-order valence-electron chi connectivity index (χ2n) is 5.57. The van der Waals surface area contributed by atoms with Crippen molar-refractivity contribution in [3.05, 3.63) is 48.3 Å². The SMILES string of the molecule is O=C(Nc1ccc(N2CCOCC2)cn1)c1n[nH]c2ccccc12. The number of aromatic amines is 1. The number of hydrogen-bond acceptors (Lipinski definition) is 5. The van der Waals surface area contributed by atoms with Crippen LogP contribution in [-0.4, -0.2) is 47.4 Å². The van der Waals surface area contributed by atoms with Crippen molar-refractivity contribution in [2.45, 2.75) is 0 Å². The summed E-state index contributed by atoms with van der Waals surface area (Å²) >= 11 is 0. The van der Waals surface area contributed by atoms with Gasteiger partial charge in [-0.1, -0.05) is 18.2 Å². The third kappa shape index (κ3) is 2.81. The first-order chi connectivity index (χ1) is 11.8. The number of anilines is 2. The highest BCUT2D eigenvalue weighted by atomic mass is 16.5. The fourth-order valence-electron chi connectivity index (χ4n) is 2.78. The van der Waals surface area contributed by atoms with E-state index in [9.17, 15) is 4.79 Å². The number of nitrogens with zero attached hydrogens (tertiary/aromatic N) is 3. The zero-order chi connectivity index (χ0) is 16.4. The summed E-state index contributed by atoms with van der Waals surface area (Å²) < 4.78 is 5.35. The van der Waals surface area contributed by atoms with E-state index in [4.69, 9.17) is 4.74 Å². The molecular formula is C17H17N5O2. The van der Waals surface area contributed by atoms with Gasteiger partial charge >= 0.3 is 0 Å². The number of fused-ring (bicyclic) bond motifs is 1. The van der Waals surface area contributed by atoms with E-state index in [1.165, 1.54) is 0 Å². The third-order valence-electron chi connectivity index (χ3n) is 4.05. The Hall–Kier alpha value is -2.93. The molecule has 1 aliphatic heterocycles. The molecule has 0 atom stereocenters. The van der Waals surface area contributed by atoms with Gasteiger partial charge in [0, 0.05) is 18.5 Å². The van der Waals surface area contributed by atoms with Crippen LogP contribution in [-0.2, 0) is 4.74 Å². The van der Waals surface area contributed by atoms with Gasteiger partial charge in [0.2, 0.25) is 0 Å². The van der Waals surface area contributed by atoms with Crippen molar-refractivity contribution < 1.29 is 9.53 Å². The Bertz CT molecular complexity index is 853. The molecule has 0 unspecified atom stereocenters. The van der Waals surface area contributed by atoms with Gasteiger partial charge in [0.25, 0.3) is 5.91 Å². The number of ether oxygens (including phenoxy) is 1. The minimum atomic E-state index is -0.279. The monoisotopic (exact) mass is 323 g/mol. The van der Waals surface area contributed by atoms with Crippen LogP contribution in [0.25, 0.3) is 10.9 Å². The summed E-state index contributed by atoms with van der Waals surface area (Å²) in [6.07, 6.45) is 1.77. The van der Waals surface area contributed by atoms with Crippen molar-refractivity contribution in [2.75, 3.05) is 36.5 Å². The minimum absolute atomic E-state index is 0.279. The average Bonchev–Trinajstić information content (AvgIpc) is 3.07. The summed E-state index contributed by atoms with van der Waals surface area (Å²) in [5.74, 6) is 0.225. The Kier molecular flexibility index (Phi) is 3.84. The molecule has 1 aromatic carbocycles. The number of pyridine rings is 1. The highest BCUT2D eigenvalue weighted by Crippen LogP contribution is 2.19. The molecule has 1 amide bonds. The maximum Gasteiger partial charge on any atom is 0.277 e. The molecule has 4 rings (SSSR count). The Morgan fingerprint density at radius 3 is 2.79 bits per heavy atom. The molecule has 0 aliphatic carbocycles. The van der Waals surface area contributed by atoms with Crippen molar-refractivity contribution >= 4 is 28.3 Å². The van der Waals surface area contributed by atoms with Crippen LogP contribution in [0.1, 0.15) is 10.5 Å². The molecule has 2 aromatic heterocycles. The molecule has 0 bridgehead atoms. The first-order valence-corrected chi connectivity index (χ1v) is 7.84. The number of rotatable bonds is 3. The molecule has 1 aliphatic rings. The van der Waals surface area contributed by atoms with E-state index in [1.54, 1.807) is 12.3 Å². The van der Waals surface area contributed by atoms with Crippen LogP contribution in [0.5, 0.6) is 0 Å². The lowest BCUT2D eigenvalue weighted by molar-refractivity contribution is 0.102. The van der Waals surface area contributed by atoms with Gasteiger partial charge in [-0.2, -0.15) is 5.10 Å². The maximum absolute atomic E-state index is 12.4. The van der Waals surface area contributed by atoms with E-state index in [2.05, 4.69) is 25.4 Å². The number of hydrogen-bond donors (Lipinski definition) is 2. The number of carbonyl (C=O) groups excluding carboxylic acids is 1. The molecule has 7 nitrogen and oxygen atoms in total. The van der Waals surface area contributed by atoms with Crippen molar-refractivity contribution in [3.8, 4) is 0 Å². The van der Waals surface area contributed by atoms with Gasteiger partial charge in [-0.3, -0.25) is 9.89 Å². The lowest BCUT2D eigenvalue weighted by Crippen LogP contribution is -2.36. The van der Waals surface area contributed by atoms with E-state index < -0.39 is 0 Å². The number of amides is 1. The Balaban J connectivity index is 1.49. The maximum atomic E-state index is 12.4. The number of H-pyrrole nitrogens is 1. The molecule has 0 saturated carbocycles. The summed E-state index contributed by atoms with van der Waals surface area (Å²) in [5, 5.41) is 10.5. The Labute approximate surface area is 138 Å². The van der Waals surface area contributed by atoms with Gasteiger partial charge in [-0.15, -0.1) is 0 Å². The van der Waals surface area contributed by atoms with Gasteiger partial charge < -0.3 is 15.0 Å². The average molecular weight is 323 g/mol. The Morgan fingerprint density at radius 2 is 2.00 bits per heavy atom. The van der Waals surface area contributed by atoms with Crippen molar-refractivity contribution in [2.24, 2.45) is 0 Å². The smallest absolute Gasteiger partial charge is 0.277 e. The van der Waals surface area contributed by atoms with E-state index in [1.807, 2.05) is 30.3 Å². The van der Waals surface area contributed by atoms with Crippen molar-refractivity contribution in [1.29, 1.82) is 0 Å². The first-order valence-electron chi connectivity index (χ1n) is 7.84. The highest BCUT2D eigenvalue weighted by Gasteiger charge is 2.15. The standard InChI is InChI=1S/C17H17N5O2/c23-17(16-13-3-1-2-4-14(13)20-21-16)19-15-6-5-12(11-18-15)22-7-9-24-10-8-22/h1-6,11H,7-10H2,(H,20,21)(H,18,19,23). The fraction of sp³-hybridized carbons (Fsp3) is 0.235. The molecule has 2 N–H and O–H groups in total. The van der Waals surface area contributed by atoms with Gasteiger partial charge in [0.1, 0.15) is 5.82 Å². The number of benzene rings is 1. The number of para-hydroxylation sites is 1. The van der Waals surface area contributed by atoms with Crippen molar-refractivity contribution in [3.63, 3.8) is 0 Å². The van der Waals surface area contributed by atoms with Gasteiger partial charge in [0.15, 0.2) is 5.69 Å². The molecule has 122 valence electrons. The van der Waals surface area contributed by atoms with Crippen LogP contribution in [0.4, 0.5) is 11.5 Å². The molecule has 3 heterocycles. The zero-order valence-electron chi connectivity index (χ0n) is 13.0. The lowest BCUT2D eigenvalue weighted by atomic mass is 10.2. The van der Waals surface area contributed by atoms with Crippen LogP contribution in [0.3, 0.4) is 0 Å². The molecule has 7 heteroatoms. The normalized spacial score (nSPS) is 14.8. The summed E-state index contributed by atoms with van der Waals surface area (Å²) in [4.78, 5) is 19.0. The number of carbonyl (C=O) groups is 1. The quantitative estimate of drug-likeness (QED) is 0.771. The van der Waals surface area contributed by atoms with Crippen LogP contribution < -0.4 is 10.2 Å². The van der Waals surface area contributed by atoms with Gasteiger partial charge in [-0.25, -0.2) is 4.98 Å². The molecule has 3 aromatic rings. The molecular weight excluding hydrogens is 306 g/mol. The molecule has 1 fully saturated rings. The van der Waals surface area contributed by atoms with Crippen molar-refractivity contribution in [1.82, 2.24) is 15.2 Å². The Morgan fingerprint density at radius 1 is 1.17 bits per heavy atom. The lowest BCUT2D eigenvalue weighted by Gasteiger charge is -2.28. The third-order valence-corrected chi connectivity index (χ3v) is 4.05. The number of morpholine rings is 1. The first kappa shape index (κ1) is 14.6. The number of nitrogens with one attached hydrogen (secondary N) is 2. The summed E-state index contributed by atoms with van der Waals surface area (Å²) in [6.45, 7) is 3.16.